The topological polar surface area (TPSA) is 57.5 Å². The summed E-state index contributed by atoms with van der Waals surface area (Å²) < 4.78 is 11.1. The maximum atomic E-state index is 11.1. The summed E-state index contributed by atoms with van der Waals surface area (Å²) in [6.45, 7) is 0. The number of rotatable bonds is 1. The zero-order valence-corrected chi connectivity index (χ0v) is 9.59. The van der Waals surface area contributed by atoms with Crippen molar-refractivity contribution in [2.24, 2.45) is 0 Å². The molecule has 0 saturated heterocycles. The summed E-state index contributed by atoms with van der Waals surface area (Å²) in [4.78, 5) is 18.3. The van der Waals surface area contributed by atoms with Gasteiger partial charge in [-0.3, -0.25) is 4.57 Å². The van der Waals surface area contributed by atoms with Gasteiger partial charge < -0.3 is 9.79 Å². The lowest BCUT2D eigenvalue weighted by atomic mass is 10.0. The Morgan fingerprint density at radius 2 is 1.14 bits per heavy atom. The first-order valence-electron chi connectivity index (χ1n) is 5.66. The van der Waals surface area contributed by atoms with Crippen LogP contribution in [0.2, 0.25) is 0 Å². The van der Waals surface area contributed by atoms with Crippen LogP contribution in [-0.2, 0) is 4.57 Å². The molecular formula is C10H21O3P. The van der Waals surface area contributed by atoms with Crippen LogP contribution < -0.4 is 0 Å². The zero-order valence-electron chi connectivity index (χ0n) is 8.69. The predicted molar refractivity (Wildman–Crippen MR) is 57.4 cm³/mol. The molecule has 0 aromatic rings. The lowest BCUT2D eigenvalue weighted by Gasteiger charge is -2.19. The molecule has 1 fully saturated rings. The summed E-state index contributed by atoms with van der Waals surface area (Å²) >= 11 is 0. The monoisotopic (exact) mass is 220 g/mol. The summed E-state index contributed by atoms with van der Waals surface area (Å²) in [6.07, 6.45) is 9.41. The molecule has 0 aliphatic heterocycles. The normalized spacial score (nSPS) is 23.3. The van der Waals surface area contributed by atoms with E-state index in [1.807, 2.05) is 0 Å². The van der Waals surface area contributed by atoms with Gasteiger partial charge in [-0.15, -0.1) is 0 Å². The van der Waals surface area contributed by atoms with Crippen LogP contribution in [-0.4, -0.2) is 15.4 Å². The fourth-order valence-electron chi connectivity index (χ4n) is 2.12. The highest BCUT2D eigenvalue weighted by Crippen LogP contribution is 2.46. The second-order valence-corrected chi connectivity index (χ2v) is 6.20. The first kappa shape index (κ1) is 12.2. The van der Waals surface area contributed by atoms with Gasteiger partial charge in [0.25, 0.3) is 0 Å². The molecule has 2 N–H and O–H groups in total. The second kappa shape index (κ2) is 5.89. The standard InChI is InChI=1S/C10H21O3P/c11-14(12,13)10-8-6-4-2-1-3-5-7-9-10/h10H,1-9H2,(H2,11,12,13). The van der Waals surface area contributed by atoms with E-state index in [-0.39, 0.29) is 5.66 Å². The Bertz CT molecular complexity index is 190. The molecule has 1 aliphatic carbocycles. The van der Waals surface area contributed by atoms with Gasteiger partial charge in [-0.2, -0.15) is 0 Å². The van der Waals surface area contributed by atoms with Crippen molar-refractivity contribution < 1.29 is 14.4 Å². The highest BCUT2D eigenvalue weighted by molar-refractivity contribution is 7.52. The third-order valence-corrected chi connectivity index (χ3v) is 4.52. The summed E-state index contributed by atoms with van der Waals surface area (Å²) in [5.74, 6) is 0. The van der Waals surface area contributed by atoms with Crippen LogP contribution in [0.3, 0.4) is 0 Å². The maximum Gasteiger partial charge on any atom is 0.328 e. The summed E-state index contributed by atoms with van der Waals surface area (Å²) in [5.41, 5.74) is -0.361. The molecule has 0 aromatic carbocycles. The Morgan fingerprint density at radius 3 is 1.50 bits per heavy atom. The van der Waals surface area contributed by atoms with Crippen molar-refractivity contribution in [3.05, 3.63) is 0 Å². The van der Waals surface area contributed by atoms with Gasteiger partial charge >= 0.3 is 7.60 Å². The lowest BCUT2D eigenvalue weighted by Crippen LogP contribution is -2.09. The minimum absolute atomic E-state index is 0.361. The summed E-state index contributed by atoms with van der Waals surface area (Å²) in [7, 11) is -3.82. The third-order valence-electron chi connectivity index (χ3n) is 3.05. The Morgan fingerprint density at radius 1 is 0.786 bits per heavy atom. The molecule has 1 aliphatic rings. The van der Waals surface area contributed by atoms with Crippen LogP contribution >= 0.6 is 7.60 Å². The molecule has 14 heavy (non-hydrogen) atoms. The van der Waals surface area contributed by atoms with Crippen molar-refractivity contribution in [1.29, 1.82) is 0 Å². The molecule has 84 valence electrons. The smallest absolute Gasteiger partial charge is 0.324 e. The Labute approximate surface area is 86.1 Å². The van der Waals surface area contributed by atoms with E-state index in [0.717, 1.165) is 25.7 Å². The van der Waals surface area contributed by atoms with Crippen LogP contribution in [0.5, 0.6) is 0 Å². The molecular weight excluding hydrogens is 199 g/mol. The van der Waals surface area contributed by atoms with Crippen molar-refractivity contribution in [2.75, 3.05) is 0 Å². The average Bonchev–Trinajstić information content (AvgIpc) is 2.12. The van der Waals surface area contributed by atoms with Crippen LogP contribution in [0.1, 0.15) is 57.8 Å². The van der Waals surface area contributed by atoms with Gasteiger partial charge in [0.05, 0.1) is 5.66 Å². The van der Waals surface area contributed by atoms with E-state index in [4.69, 9.17) is 9.79 Å². The van der Waals surface area contributed by atoms with E-state index in [9.17, 15) is 4.57 Å². The molecule has 3 nitrogen and oxygen atoms in total. The lowest BCUT2D eigenvalue weighted by molar-refractivity contribution is 0.343. The van der Waals surface area contributed by atoms with Crippen molar-refractivity contribution >= 4 is 7.60 Å². The van der Waals surface area contributed by atoms with E-state index in [2.05, 4.69) is 0 Å². The van der Waals surface area contributed by atoms with Crippen molar-refractivity contribution in [1.82, 2.24) is 0 Å². The molecule has 1 saturated carbocycles. The minimum atomic E-state index is -3.82. The number of hydrogen-bond acceptors (Lipinski definition) is 1. The second-order valence-electron chi connectivity index (χ2n) is 4.30. The molecule has 0 atom stereocenters. The molecule has 0 aromatic heterocycles. The van der Waals surface area contributed by atoms with E-state index in [0.29, 0.717) is 12.8 Å². The molecule has 0 heterocycles. The van der Waals surface area contributed by atoms with Crippen molar-refractivity contribution in [2.45, 2.75) is 63.4 Å². The maximum absolute atomic E-state index is 11.1. The molecule has 0 amide bonds. The van der Waals surface area contributed by atoms with E-state index in [1.165, 1.54) is 19.3 Å². The average molecular weight is 220 g/mol. The third kappa shape index (κ3) is 4.59. The first-order chi connectivity index (χ1) is 6.61. The summed E-state index contributed by atoms with van der Waals surface area (Å²) in [6, 6.07) is 0. The Hall–Kier alpha value is 0.150. The van der Waals surface area contributed by atoms with Crippen LogP contribution in [0.15, 0.2) is 0 Å². The molecule has 0 unspecified atom stereocenters. The largest absolute Gasteiger partial charge is 0.328 e. The number of hydrogen-bond donors (Lipinski definition) is 2. The van der Waals surface area contributed by atoms with Crippen molar-refractivity contribution in [3.63, 3.8) is 0 Å². The van der Waals surface area contributed by atoms with Gasteiger partial charge in [-0.1, -0.05) is 44.9 Å². The van der Waals surface area contributed by atoms with Crippen LogP contribution in [0.4, 0.5) is 0 Å². The van der Waals surface area contributed by atoms with Gasteiger partial charge in [0.2, 0.25) is 0 Å². The highest BCUT2D eigenvalue weighted by Gasteiger charge is 2.27. The zero-order chi connectivity index (χ0) is 10.4. The molecule has 4 heteroatoms. The van der Waals surface area contributed by atoms with Crippen LogP contribution in [0, 0.1) is 0 Å². The van der Waals surface area contributed by atoms with E-state index >= 15 is 0 Å². The van der Waals surface area contributed by atoms with Crippen molar-refractivity contribution in [3.8, 4) is 0 Å². The Kier molecular flexibility index (Phi) is 5.14. The molecule has 0 bridgehead atoms. The summed E-state index contributed by atoms with van der Waals surface area (Å²) in [5, 5.41) is 0. The van der Waals surface area contributed by atoms with Gasteiger partial charge in [0.15, 0.2) is 0 Å². The molecule has 0 radical (unpaired) electrons. The minimum Gasteiger partial charge on any atom is -0.324 e. The highest BCUT2D eigenvalue weighted by atomic mass is 31.2. The van der Waals surface area contributed by atoms with Gasteiger partial charge in [-0.05, 0) is 12.8 Å². The SMILES string of the molecule is O=P(O)(O)C1CCCCCCCCC1. The van der Waals surface area contributed by atoms with Gasteiger partial charge in [0, 0.05) is 0 Å². The van der Waals surface area contributed by atoms with E-state index < -0.39 is 7.60 Å². The quantitative estimate of drug-likeness (QED) is 0.668. The Balaban J connectivity index is 2.42. The van der Waals surface area contributed by atoms with Gasteiger partial charge in [0.1, 0.15) is 0 Å². The fraction of sp³-hybridized carbons (Fsp3) is 1.00. The first-order valence-corrected chi connectivity index (χ1v) is 7.34. The van der Waals surface area contributed by atoms with Gasteiger partial charge in [-0.25, -0.2) is 0 Å². The predicted octanol–water partition coefficient (Wildman–Crippen LogP) is 3.06. The van der Waals surface area contributed by atoms with Crippen LogP contribution in [0.25, 0.3) is 0 Å². The fourth-order valence-corrected chi connectivity index (χ4v) is 3.16. The molecule has 0 spiro atoms. The van der Waals surface area contributed by atoms with E-state index in [1.54, 1.807) is 0 Å². The molecule has 1 rings (SSSR count).